The van der Waals surface area contributed by atoms with Gasteiger partial charge in [0.25, 0.3) is 0 Å². The average molecular weight is 386 g/mol. The van der Waals surface area contributed by atoms with Crippen LogP contribution in [-0.4, -0.2) is 22.9 Å². The predicted molar refractivity (Wildman–Crippen MR) is 108 cm³/mol. The van der Waals surface area contributed by atoms with Crippen molar-refractivity contribution in [3.8, 4) is 0 Å². The summed E-state index contributed by atoms with van der Waals surface area (Å²) in [6, 6.07) is 15.0. The number of likely N-dealkylation sites (tertiary alicyclic amines) is 1. The Balaban J connectivity index is 1.50. The van der Waals surface area contributed by atoms with Gasteiger partial charge in [-0.1, -0.05) is 35.9 Å². The largest absolute Gasteiger partial charge is 0.336 e. The van der Waals surface area contributed by atoms with Crippen LogP contribution >= 0.6 is 11.6 Å². The molecule has 0 unspecified atom stereocenters. The minimum atomic E-state index is -0.266. The molecule has 3 rings (SSSR count). The van der Waals surface area contributed by atoms with Crippen molar-refractivity contribution < 1.29 is 9.59 Å². The fourth-order valence-corrected chi connectivity index (χ4v) is 3.31. The number of piperidine rings is 1. The molecule has 0 bridgehead atoms. The minimum Gasteiger partial charge on any atom is -0.336 e. The van der Waals surface area contributed by atoms with E-state index in [1.54, 1.807) is 12.1 Å². The molecule has 1 aliphatic rings. The Morgan fingerprint density at radius 1 is 1.11 bits per heavy atom. The highest BCUT2D eigenvalue weighted by Crippen LogP contribution is 2.21. The Labute approximate surface area is 164 Å². The molecule has 0 aromatic heterocycles. The van der Waals surface area contributed by atoms with Crippen LogP contribution in [0.1, 0.15) is 37.3 Å². The van der Waals surface area contributed by atoms with Gasteiger partial charge < -0.3 is 15.5 Å². The quantitative estimate of drug-likeness (QED) is 0.792. The smallest absolute Gasteiger partial charge is 0.319 e. The van der Waals surface area contributed by atoms with E-state index in [4.69, 9.17) is 11.6 Å². The Kier molecular flexibility index (Phi) is 6.35. The van der Waals surface area contributed by atoms with Gasteiger partial charge in [0.1, 0.15) is 0 Å². The summed E-state index contributed by atoms with van der Waals surface area (Å²) >= 11 is 5.85. The van der Waals surface area contributed by atoms with Crippen molar-refractivity contribution in [2.45, 2.75) is 45.3 Å². The number of urea groups is 1. The molecule has 0 saturated carbocycles. The van der Waals surface area contributed by atoms with Gasteiger partial charge in [-0.25, -0.2) is 4.79 Å². The molecule has 2 N–H and O–H groups in total. The zero-order valence-corrected chi connectivity index (χ0v) is 16.1. The Hall–Kier alpha value is -2.53. The van der Waals surface area contributed by atoms with Crippen molar-refractivity contribution in [1.29, 1.82) is 0 Å². The van der Waals surface area contributed by atoms with Crippen LogP contribution in [0.5, 0.6) is 0 Å². The first-order valence-electron chi connectivity index (χ1n) is 9.19. The van der Waals surface area contributed by atoms with Crippen LogP contribution in [0.2, 0.25) is 5.02 Å². The normalized spacial score (nSPS) is 16.9. The van der Waals surface area contributed by atoms with Gasteiger partial charge >= 0.3 is 6.03 Å². The molecule has 2 aromatic rings. The average Bonchev–Trinajstić information content (AvgIpc) is 2.66. The van der Waals surface area contributed by atoms with Crippen LogP contribution in [0.3, 0.4) is 0 Å². The van der Waals surface area contributed by atoms with E-state index in [1.165, 1.54) is 0 Å². The molecular formula is C21H24ClN3O2. The second-order valence-corrected chi connectivity index (χ2v) is 7.33. The molecule has 27 heavy (non-hydrogen) atoms. The number of halogens is 1. The first kappa shape index (κ1) is 19.2. The Morgan fingerprint density at radius 3 is 2.44 bits per heavy atom. The number of carbonyl (C=O) groups excluding carboxylic acids is 2. The maximum Gasteiger partial charge on any atom is 0.319 e. The van der Waals surface area contributed by atoms with Crippen LogP contribution in [0.15, 0.2) is 48.5 Å². The fourth-order valence-electron chi connectivity index (χ4n) is 3.19. The van der Waals surface area contributed by atoms with E-state index >= 15 is 0 Å². The van der Waals surface area contributed by atoms with E-state index in [-0.39, 0.29) is 18.0 Å². The lowest BCUT2D eigenvalue weighted by molar-refractivity contribution is -0.136. The van der Waals surface area contributed by atoms with Crippen molar-refractivity contribution in [3.05, 3.63) is 64.7 Å². The van der Waals surface area contributed by atoms with Crippen molar-refractivity contribution in [2.75, 3.05) is 5.32 Å². The van der Waals surface area contributed by atoms with Gasteiger partial charge in [-0.2, -0.15) is 0 Å². The molecule has 5 nitrogen and oxygen atoms in total. The number of nitrogens with zero attached hydrogens (tertiary/aromatic N) is 1. The topological polar surface area (TPSA) is 61.4 Å². The van der Waals surface area contributed by atoms with E-state index in [0.29, 0.717) is 30.2 Å². The molecule has 1 heterocycles. The summed E-state index contributed by atoms with van der Waals surface area (Å²) in [6.07, 6.45) is 2.67. The summed E-state index contributed by atoms with van der Waals surface area (Å²) in [5.41, 5.74) is 2.75. The van der Waals surface area contributed by atoms with Gasteiger partial charge in [0.15, 0.2) is 0 Å². The summed E-state index contributed by atoms with van der Waals surface area (Å²) in [7, 11) is 0. The molecule has 0 spiro atoms. The number of hydrogen-bond acceptors (Lipinski definition) is 2. The highest BCUT2D eigenvalue weighted by molar-refractivity contribution is 6.30. The highest BCUT2D eigenvalue weighted by Gasteiger charge is 2.24. The third-order valence-corrected chi connectivity index (χ3v) is 5.05. The number of nitrogens with one attached hydrogen (secondary N) is 2. The van der Waals surface area contributed by atoms with E-state index < -0.39 is 0 Å². The van der Waals surface area contributed by atoms with Crippen molar-refractivity contribution in [1.82, 2.24) is 10.2 Å². The number of carbonyl (C=O) groups is 2. The zero-order chi connectivity index (χ0) is 19.2. The second kappa shape index (κ2) is 8.91. The van der Waals surface area contributed by atoms with Gasteiger partial charge in [0.05, 0.1) is 0 Å². The maximum atomic E-state index is 12.1. The number of benzene rings is 2. The summed E-state index contributed by atoms with van der Waals surface area (Å²) in [5.74, 6) is 0.220. The van der Waals surface area contributed by atoms with Gasteiger partial charge in [0, 0.05) is 36.3 Å². The van der Waals surface area contributed by atoms with Crippen molar-refractivity contribution in [2.24, 2.45) is 0 Å². The van der Waals surface area contributed by atoms with E-state index in [9.17, 15) is 9.59 Å². The van der Waals surface area contributed by atoms with Crippen LogP contribution in [-0.2, 0) is 17.9 Å². The second-order valence-electron chi connectivity index (χ2n) is 6.89. The molecule has 0 aliphatic carbocycles. The van der Waals surface area contributed by atoms with Crippen molar-refractivity contribution >= 4 is 29.2 Å². The first-order valence-corrected chi connectivity index (χ1v) is 9.57. The summed E-state index contributed by atoms with van der Waals surface area (Å²) < 4.78 is 0. The highest BCUT2D eigenvalue weighted by atomic mass is 35.5. The molecule has 0 radical (unpaired) electrons. The van der Waals surface area contributed by atoms with Crippen LogP contribution < -0.4 is 10.6 Å². The number of hydrogen-bond donors (Lipinski definition) is 2. The van der Waals surface area contributed by atoms with Gasteiger partial charge in [-0.15, -0.1) is 0 Å². The molecular weight excluding hydrogens is 362 g/mol. The third-order valence-electron chi connectivity index (χ3n) is 4.80. The first-order chi connectivity index (χ1) is 13.0. The molecule has 1 fully saturated rings. The van der Waals surface area contributed by atoms with Gasteiger partial charge in [-0.3, -0.25) is 4.79 Å². The van der Waals surface area contributed by atoms with Gasteiger partial charge in [0.2, 0.25) is 5.91 Å². The van der Waals surface area contributed by atoms with E-state index in [1.807, 2.05) is 41.3 Å². The van der Waals surface area contributed by atoms with Crippen LogP contribution in [0.4, 0.5) is 10.5 Å². The maximum absolute atomic E-state index is 12.1. The minimum absolute atomic E-state index is 0.220. The number of rotatable bonds is 5. The predicted octanol–water partition coefficient (Wildman–Crippen LogP) is 4.56. The molecule has 1 saturated heterocycles. The fraction of sp³-hybridized carbons (Fsp3) is 0.333. The third kappa shape index (κ3) is 5.47. The summed E-state index contributed by atoms with van der Waals surface area (Å²) in [5, 5.41) is 6.30. The van der Waals surface area contributed by atoms with Crippen molar-refractivity contribution in [3.63, 3.8) is 0 Å². The monoisotopic (exact) mass is 385 g/mol. The Morgan fingerprint density at radius 2 is 1.78 bits per heavy atom. The zero-order valence-electron chi connectivity index (χ0n) is 15.4. The van der Waals surface area contributed by atoms with Gasteiger partial charge in [-0.05, 0) is 55.2 Å². The molecule has 6 heteroatoms. The van der Waals surface area contributed by atoms with Crippen LogP contribution in [0, 0.1) is 0 Å². The summed E-state index contributed by atoms with van der Waals surface area (Å²) in [6.45, 7) is 3.14. The SMILES string of the molecule is C[C@@H]1CCCC(=O)N1Cc1ccc(NC(=O)NCc2ccc(Cl)cc2)cc1. The Bertz CT molecular complexity index is 790. The lowest BCUT2D eigenvalue weighted by Gasteiger charge is -2.33. The molecule has 3 amide bonds. The molecule has 1 aliphatic heterocycles. The molecule has 142 valence electrons. The number of anilines is 1. The standard InChI is InChI=1S/C21H24ClN3O2/c1-15-3-2-4-20(26)25(15)14-17-7-11-19(12-8-17)24-21(27)23-13-16-5-9-18(22)10-6-16/h5-12,15H,2-4,13-14H2,1H3,(H2,23,24,27)/t15-/m1/s1. The van der Waals surface area contributed by atoms with Crippen LogP contribution in [0.25, 0.3) is 0 Å². The van der Waals surface area contributed by atoms with E-state index in [2.05, 4.69) is 17.6 Å². The van der Waals surface area contributed by atoms with E-state index in [0.717, 1.165) is 24.0 Å². The molecule has 1 atom stereocenters. The molecule has 2 aromatic carbocycles. The number of amides is 3. The lowest BCUT2D eigenvalue weighted by Crippen LogP contribution is -2.41. The lowest BCUT2D eigenvalue weighted by atomic mass is 10.0. The summed E-state index contributed by atoms with van der Waals surface area (Å²) in [4.78, 5) is 26.1.